The van der Waals surface area contributed by atoms with E-state index in [0.29, 0.717) is 17.3 Å². The third kappa shape index (κ3) is 3.68. The first kappa shape index (κ1) is 17.5. The van der Waals surface area contributed by atoms with Crippen molar-refractivity contribution in [3.63, 3.8) is 0 Å². The summed E-state index contributed by atoms with van der Waals surface area (Å²) in [6.07, 6.45) is 1.48. The van der Waals surface area contributed by atoms with E-state index in [-0.39, 0.29) is 18.0 Å². The Bertz CT molecular complexity index is 881. The van der Waals surface area contributed by atoms with Gasteiger partial charge in [0.15, 0.2) is 5.82 Å². The number of benzene rings is 1. The zero-order valence-corrected chi connectivity index (χ0v) is 15.1. The molecule has 0 saturated heterocycles. The minimum Gasteiger partial charge on any atom is -0.328 e. The Morgan fingerprint density at radius 1 is 1.19 bits per heavy atom. The van der Waals surface area contributed by atoms with Gasteiger partial charge in [0.05, 0.1) is 11.7 Å². The van der Waals surface area contributed by atoms with Crippen molar-refractivity contribution in [2.45, 2.75) is 26.8 Å². The van der Waals surface area contributed by atoms with Crippen molar-refractivity contribution < 1.29 is 4.79 Å². The van der Waals surface area contributed by atoms with Gasteiger partial charge in [-0.3, -0.25) is 4.68 Å². The smallest absolute Gasteiger partial charge is 0.319 e. The second-order valence-corrected chi connectivity index (χ2v) is 6.25. The van der Waals surface area contributed by atoms with Crippen molar-refractivity contribution in [1.82, 2.24) is 40.3 Å². The summed E-state index contributed by atoms with van der Waals surface area (Å²) in [5, 5.41) is 21.2. The van der Waals surface area contributed by atoms with Crippen LogP contribution in [0.4, 0.5) is 10.5 Å². The zero-order valence-electron chi connectivity index (χ0n) is 15.1. The van der Waals surface area contributed by atoms with Crippen molar-refractivity contribution in [3.05, 3.63) is 42.2 Å². The van der Waals surface area contributed by atoms with Crippen LogP contribution in [0.2, 0.25) is 0 Å². The van der Waals surface area contributed by atoms with Gasteiger partial charge in [0, 0.05) is 12.7 Å². The molecule has 0 aliphatic heterocycles. The van der Waals surface area contributed by atoms with E-state index in [1.165, 1.54) is 6.33 Å². The molecule has 2 N–H and O–H groups in total. The van der Waals surface area contributed by atoms with Crippen LogP contribution in [0, 0.1) is 12.8 Å². The first-order valence-electron chi connectivity index (χ1n) is 8.22. The van der Waals surface area contributed by atoms with E-state index in [1.54, 1.807) is 28.5 Å². The number of aromatic nitrogens is 7. The third-order valence-corrected chi connectivity index (χ3v) is 3.97. The van der Waals surface area contributed by atoms with E-state index in [9.17, 15) is 4.79 Å². The van der Waals surface area contributed by atoms with Crippen molar-refractivity contribution >= 4 is 11.7 Å². The van der Waals surface area contributed by atoms with E-state index >= 15 is 0 Å². The van der Waals surface area contributed by atoms with Crippen LogP contribution in [0.15, 0.2) is 30.6 Å². The number of aryl methyl sites for hydroxylation is 2. The second kappa shape index (κ2) is 7.30. The Balaban J connectivity index is 1.67. The predicted octanol–water partition coefficient (Wildman–Crippen LogP) is 1.62. The Hall–Kier alpha value is -3.30. The van der Waals surface area contributed by atoms with Gasteiger partial charge in [-0.15, -0.1) is 5.10 Å². The molecule has 0 unspecified atom stereocenters. The van der Waals surface area contributed by atoms with E-state index in [4.69, 9.17) is 0 Å². The topological polar surface area (TPSA) is 115 Å². The average Bonchev–Trinajstić information content (AvgIpc) is 3.21. The number of nitrogens with zero attached hydrogens (tertiary/aromatic N) is 7. The summed E-state index contributed by atoms with van der Waals surface area (Å²) in [6, 6.07) is 6.71. The van der Waals surface area contributed by atoms with Crippen molar-refractivity contribution in [3.8, 4) is 5.69 Å². The highest BCUT2D eigenvalue weighted by atomic mass is 16.2. The molecule has 0 saturated carbocycles. The Morgan fingerprint density at radius 3 is 2.46 bits per heavy atom. The lowest BCUT2D eigenvalue weighted by molar-refractivity contribution is 0.243. The summed E-state index contributed by atoms with van der Waals surface area (Å²) >= 11 is 0. The van der Waals surface area contributed by atoms with Crippen molar-refractivity contribution in [1.29, 1.82) is 0 Å². The summed E-state index contributed by atoms with van der Waals surface area (Å²) in [7, 11) is 1.80. The maximum atomic E-state index is 12.4. The Kier molecular flexibility index (Phi) is 4.92. The number of nitrogens with one attached hydrogen (secondary N) is 2. The molecule has 26 heavy (non-hydrogen) atoms. The molecule has 10 nitrogen and oxygen atoms in total. The van der Waals surface area contributed by atoms with Crippen LogP contribution in [-0.2, 0) is 7.05 Å². The van der Waals surface area contributed by atoms with Gasteiger partial charge in [-0.1, -0.05) is 13.8 Å². The molecule has 0 aliphatic rings. The van der Waals surface area contributed by atoms with Crippen LogP contribution >= 0.6 is 0 Å². The number of tetrazole rings is 1. The molecule has 1 atom stereocenters. The molecule has 2 amide bonds. The van der Waals surface area contributed by atoms with Gasteiger partial charge in [-0.05, 0) is 47.5 Å². The van der Waals surface area contributed by atoms with Gasteiger partial charge in [0.1, 0.15) is 12.2 Å². The molecule has 3 rings (SSSR count). The minimum absolute atomic E-state index is 0.161. The molecule has 2 heterocycles. The second-order valence-electron chi connectivity index (χ2n) is 6.25. The zero-order chi connectivity index (χ0) is 18.7. The van der Waals surface area contributed by atoms with Crippen LogP contribution < -0.4 is 10.6 Å². The Morgan fingerprint density at radius 2 is 1.92 bits per heavy atom. The predicted molar refractivity (Wildman–Crippen MR) is 94.6 cm³/mol. The summed E-state index contributed by atoms with van der Waals surface area (Å²) in [5.41, 5.74) is 1.48. The van der Waals surface area contributed by atoms with Crippen LogP contribution in [0.1, 0.15) is 31.5 Å². The van der Waals surface area contributed by atoms with Gasteiger partial charge in [0.2, 0.25) is 0 Å². The first-order valence-corrected chi connectivity index (χ1v) is 8.22. The summed E-state index contributed by atoms with van der Waals surface area (Å²) < 4.78 is 3.28. The fourth-order valence-corrected chi connectivity index (χ4v) is 2.58. The maximum absolute atomic E-state index is 12.4. The standard InChI is InChI=1S/C16H21N9O/c1-10(2)14(15-17-9-18-24(15)4)20-16(26)19-12-5-7-13(8-6-12)25-11(3)21-22-23-25/h5-10,14H,1-4H3,(H2,19,20,26)/t14-/m0/s1. The fourth-order valence-electron chi connectivity index (χ4n) is 2.58. The molecule has 10 heteroatoms. The van der Waals surface area contributed by atoms with Crippen LogP contribution in [0.5, 0.6) is 0 Å². The molecular formula is C16H21N9O. The van der Waals surface area contributed by atoms with E-state index in [1.807, 2.05) is 32.9 Å². The molecule has 0 radical (unpaired) electrons. The number of carbonyl (C=O) groups excluding carboxylic acids is 1. The van der Waals surface area contributed by atoms with Crippen molar-refractivity contribution in [2.24, 2.45) is 13.0 Å². The highest BCUT2D eigenvalue weighted by Gasteiger charge is 2.22. The summed E-state index contributed by atoms with van der Waals surface area (Å²) in [4.78, 5) is 16.6. The fraction of sp³-hybridized carbons (Fsp3) is 0.375. The normalized spacial score (nSPS) is 12.2. The number of rotatable bonds is 5. The quantitative estimate of drug-likeness (QED) is 0.718. The Labute approximate surface area is 150 Å². The number of urea groups is 1. The maximum Gasteiger partial charge on any atom is 0.319 e. The van der Waals surface area contributed by atoms with Crippen LogP contribution in [0.25, 0.3) is 5.69 Å². The van der Waals surface area contributed by atoms with Gasteiger partial charge in [0.25, 0.3) is 0 Å². The van der Waals surface area contributed by atoms with Crippen molar-refractivity contribution in [2.75, 3.05) is 5.32 Å². The van der Waals surface area contributed by atoms with E-state index < -0.39 is 0 Å². The highest BCUT2D eigenvalue weighted by molar-refractivity contribution is 5.89. The summed E-state index contributed by atoms with van der Waals surface area (Å²) in [6.45, 7) is 5.85. The lowest BCUT2D eigenvalue weighted by atomic mass is 10.0. The third-order valence-electron chi connectivity index (χ3n) is 3.97. The molecule has 2 aromatic heterocycles. The van der Waals surface area contributed by atoms with Gasteiger partial charge >= 0.3 is 6.03 Å². The average molecular weight is 355 g/mol. The molecule has 136 valence electrons. The van der Waals surface area contributed by atoms with E-state index in [0.717, 1.165) is 5.69 Å². The molecule has 1 aromatic carbocycles. The van der Waals surface area contributed by atoms with E-state index in [2.05, 4.69) is 36.2 Å². The number of carbonyl (C=O) groups is 1. The lowest BCUT2D eigenvalue weighted by Gasteiger charge is -2.21. The SMILES string of the molecule is Cc1nnnn1-c1ccc(NC(=O)N[C@H](c2ncnn2C)C(C)C)cc1. The van der Waals surface area contributed by atoms with Gasteiger partial charge < -0.3 is 10.6 Å². The minimum atomic E-state index is -0.307. The first-order chi connectivity index (χ1) is 12.5. The number of hydrogen-bond donors (Lipinski definition) is 2. The molecular weight excluding hydrogens is 334 g/mol. The van der Waals surface area contributed by atoms with Gasteiger partial charge in [-0.2, -0.15) is 9.78 Å². The number of amides is 2. The number of anilines is 1. The molecule has 0 fully saturated rings. The highest BCUT2D eigenvalue weighted by Crippen LogP contribution is 2.19. The lowest BCUT2D eigenvalue weighted by Crippen LogP contribution is -2.36. The number of hydrogen-bond acceptors (Lipinski definition) is 6. The van der Waals surface area contributed by atoms with Crippen LogP contribution in [-0.4, -0.2) is 41.0 Å². The monoisotopic (exact) mass is 355 g/mol. The molecule has 0 spiro atoms. The molecule has 0 bridgehead atoms. The largest absolute Gasteiger partial charge is 0.328 e. The van der Waals surface area contributed by atoms with Crippen LogP contribution in [0.3, 0.4) is 0 Å². The molecule has 3 aromatic rings. The van der Waals surface area contributed by atoms with Gasteiger partial charge in [-0.25, -0.2) is 9.78 Å². The summed E-state index contributed by atoms with van der Waals surface area (Å²) in [5.74, 6) is 1.56. The molecule has 0 aliphatic carbocycles.